The van der Waals surface area contributed by atoms with Gasteiger partial charge in [0.15, 0.2) is 0 Å². The Morgan fingerprint density at radius 3 is 0.723 bits per heavy atom. The number of pyridine rings is 1. The first-order chi connectivity index (χ1) is 48.5. The number of nitrogens with zero attached hydrogens (tertiary/aromatic N) is 6. The number of aromatic nitrogens is 6. The van der Waals surface area contributed by atoms with Crippen LogP contribution in [0, 0.1) is 132 Å². The molecule has 3 aromatic heterocycles. The molecule has 0 aliphatic carbocycles. The van der Waals surface area contributed by atoms with Gasteiger partial charge < -0.3 is 0 Å². The number of fused-ring (bicyclic) bond motifs is 3. The van der Waals surface area contributed by atoms with Gasteiger partial charge in [-0.3, -0.25) is 4.98 Å². The number of hydrogen-bond donors (Lipinski definition) is 0. The maximum Gasteiger partial charge on any atom is 0.129 e. The Morgan fingerprint density at radius 1 is 0.188 bits per heavy atom. The zero-order valence-corrected chi connectivity index (χ0v) is 70.4. The van der Waals surface area contributed by atoms with Crippen LogP contribution < -0.4 is 0 Å². The van der Waals surface area contributed by atoms with E-state index < -0.39 is 0 Å². The van der Waals surface area contributed by atoms with Crippen molar-refractivity contribution in [2.75, 3.05) is 0 Å². The van der Waals surface area contributed by atoms with Gasteiger partial charge in [0, 0.05) is 23.3 Å². The molecule has 0 aliphatic heterocycles. The summed E-state index contributed by atoms with van der Waals surface area (Å²) in [5.74, 6) is 2.38. The van der Waals surface area contributed by atoms with Gasteiger partial charge in [-0.25, -0.2) is 24.9 Å². The minimum absolute atomic E-state index is 0.792. The molecule has 12 aromatic rings. The van der Waals surface area contributed by atoms with Crippen molar-refractivity contribution in [1.29, 1.82) is 0 Å². The molecule has 0 unspecified atom stereocenters. The second-order valence-electron chi connectivity index (χ2n) is 22.0. The molecule has 0 amide bonds. The molecule has 12 rings (SSSR count). The summed E-state index contributed by atoms with van der Waals surface area (Å²) in [5, 5.41) is 8.16. The first-order valence-electron chi connectivity index (χ1n) is 37.2. The molecule has 0 spiro atoms. The van der Waals surface area contributed by atoms with E-state index in [1.54, 1.807) is 6.33 Å². The van der Waals surface area contributed by atoms with Crippen molar-refractivity contribution < 1.29 is 0 Å². The van der Waals surface area contributed by atoms with E-state index in [2.05, 4.69) is 301 Å². The third kappa shape index (κ3) is 46.9. The molecule has 3 heterocycles. The molecule has 0 atom stereocenters. The maximum absolute atomic E-state index is 4.08. The predicted molar refractivity (Wildman–Crippen MR) is 458 cm³/mol. The Kier molecular flexibility index (Phi) is 64.2. The minimum atomic E-state index is 0.792. The predicted octanol–water partition coefficient (Wildman–Crippen LogP) is 29.1. The highest BCUT2D eigenvalue weighted by molar-refractivity contribution is 5.89. The minimum Gasteiger partial charge on any atom is -0.261 e. The first-order valence-corrected chi connectivity index (χ1v) is 37.2. The Labute approximate surface area is 620 Å². The van der Waals surface area contributed by atoms with Crippen molar-refractivity contribution in [1.82, 2.24) is 29.9 Å². The fourth-order valence-corrected chi connectivity index (χ4v) is 8.72. The number of hydrogen-bond acceptors (Lipinski definition) is 6. The van der Waals surface area contributed by atoms with E-state index >= 15 is 0 Å². The second-order valence-corrected chi connectivity index (χ2v) is 22.0. The van der Waals surface area contributed by atoms with Crippen LogP contribution in [-0.4, -0.2) is 29.9 Å². The average Bonchev–Trinajstić information content (AvgIpc) is 0.836. The first kappa shape index (κ1) is 101. The Morgan fingerprint density at radius 2 is 0.455 bits per heavy atom. The summed E-state index contributed by atoms with van der Waals surface area (Å²) >= 11 is 0. The molecule has 6 nitrogen and oxygen atoms in total. The van der Waals surface area contributed by atoms with Crippen LogP contribution in [0.2, 0.25) is 0 Å². The highest BCUT2D eigenvalue weighted by atomic mass is 15.0. The Hall–Kier alpha value is -9.00. The topological polar surface area (TPSA) is 77.3 Å². The van der Waals surface area contributed by atoms with Crippen LogP contribution in [0.1, 0.15) is 218 Å². The molecule has 6 heteroatoms. The molecule has 9 aromatic carbocycles. The van der Waals surface area contributed by atoms with Gasteiger partial charge in [0.25, 0.3) is 0 Å². The van der Waals surface area contributed by atoms with E-state index in [0.29, 0.717) is 0 Å². The Balaban J connectivity index is -0.000000335. The molecule has 0 N–H and O–H groups in total. The van der Waals surface area contributed by atoms with Crippen LogP contribution >= 0.6 is 0 Å². The summed E-state index contributed by atoms with van der Waals surface area (Å²) in [7, 11) is 0. The highest BCUT2D eigenvalue weighted by Crippen LogP contribution is 2.22. The molecule has 101 heavy (non-hydrogen) atoms. The normalized spacial score (nSPS) is 8.74. The number of rotatable bonds is 0. The molecule has 0 radical (unpaired) electrons. The lowest BCUT2D eigenvalue weighted by molar-refractivity contribution is 0.875. The second kappa shape index (κ2) is 64.4. The Bertz CT molecular complexity index is 3540. The van der Waals surface area contributed by atoms with E-state index in [4.69, 9.17) is 0 Å². The van der Waals surface area contributed by atoms with Crippen LogP contribution in [0.15, 0.2) is 213 Å². The lowest BCUT2D eigenvalue weighted by Gasteiger charge is -2.03. The van der Waals surface area contributed by atoms with Gasteiger partial charge in [0.1, 0.15) is 23.8 Å². The quantitative estimate of drug-likeness (QED) is 0.151. The monoisotopic (exact) mass is 1370 g/mol. The number of aryl methyl sites for hydroxylation is 19. The fraction of sp³-hybridized carbons (Fsp3) is 0.368. The third-order valence-electron chi connectivity index (χ3n) is 13.7. The van der Waals surface area contributed by atoms with Crippen LogP contribution in [0.4, 0.5) is 0 Å². The fourth-order valence-electron chi connectivity index (χ4n) is 8.72. The summed E-state index contributed by atoms with van der Waals surface area (Å²) in [5.41, 5.74) is 20.5. The van der Waals surface area contributed by atoms with Gasteiger partial charge in [0.05, 0.1) is 0 Å². The molecular weight excluding hydrogens is 1230 g/mol. The standard InChI is InChI=1S/3C12H12.3C8H10.C7H9N.C6H9N3.C6H8N2.8C2H6/c1-9-3-5-12-8-10(2)4-6-11(12)7-9;1-9-5-3-8-12-10(2)6-4-7-11(9)12;1-9-7-8-10(2)12-6-4-3-5-11(9)12;1-7-3-5-8(2)6-4-7;1-7-4-3-5-8(2)6-7;1-7-5-3-4-6-8(7)2;1-6-3-4-7(2)8-5-6;1-4-7-5(2)9-6(3)8-4;1-5-3-6(2)8-4-7-5;8*1-2/h3*3-8H,1-2H3;3*3-6H,1-2H3;3-5H,1-2H3;1-3H3;3-4H,1-2H3;8*1-2H3. The summed E-state index contributed by atoms with van der Waals surface area (Å²) in [6.07, 6.45) is 3.44. The van der Waals surface area contributed by atoms with E-state index in [-0.39, 0.29) is 0 Å². The molecule has 550 valence electrons. The smallest absolute Gasteiger partial charge is 0.129 e. The highest BCUT2D eigenvalue weighted by Gasteiger charge is 1.99. The van der Waals surface area contributed by atoms with Gasteiger partial charge in [-0.05, 0) is 215 Å². The summed E-state index contributed by atoms with van der Waals surface area (Å²) in [6.45, 7) is 71.0. The van der Waals surface area contributed by atoms with E-state index in [1.807, 2.05) is 178 Å². The van der Waals surface area contributed by atoms with Gasteiger partial charge in [-0.1, -0.05) is 332 Å². The van der Waals surface area contributed by atoms with Crippen LogP contribution in [0.3, 0.4) is 0 Å². The summed E-state index contributed by atoms with van der Waals surface area (Å²) < 4.78 is 0. The zero-order valence-electron chi connectivity index (χ0n) is 70.4. The van der Waals surface area contributed by atoms with E-state index in [1.165, 1.54) is 105 Å². The molecule has 0 saturated heterocycles. The van der Waals surface area contributed by atoms with Crippen LogP contribution in [0.5, 0.6) is 0 Å². The van der Waals surface area contributed by atoms with Crippen molar-refractivity contribution in [3.8, 4) is 0 Å². The molecule has 0 aliphatic rings. The van der Waals surface area contributed by atoms with Crippen molar-refractivity contribution in [3.63, 3.8) is 0 Å². The average molecular weight is 1370 g/mol. The van der Waals surface area contributed by atoms with Crippen LogP contribution in [0.25, 0.3) is 32.3 Å². The van der Waals surface area contributed by atoms with Gasteiger partial charge >= 0.3 is 0 Å². The van der Waals surface area contributed by atoms with Crippen molar-refractivity contribution in [2.45, 2.75) is 242 Å². The summed E-state index contributed by atoms with van der Waals surface area (Å²) in [6, 6.07) is 70.2. The third-order valence-corrected chi connectivity index (χ3v) is 13.7. The van der Waals surface area contributed by atoms with Gasteiger partial charge in [0.2, 0.25) is 0 Å². The lowest BCUT2D eigenvalue weighted by atomic mass is 10.0. The lowest BCUT2D eigenvalue weighted by Crippen LogP contribution is -1.97. The largest absolute Gasteiger partial charge is 0.261 e. The van der Waals surface area contributed by atoms with E-state index in [9.17, 15) is 0 Å². The van der Waals surface area contributed by atoms with Crippen LogP contribution in [-0.2, 0) is 0 Å². The SMILES string of the molecule is CC.CC.CC.CC.CC.CC.CC.CC.Cc1cc(C)ncn1.Cc1ccc(C)c2ccccc12.Cc1ccc(C)cc1.Cc1ccc(C)nc1.Cc1ccc2cc(C)ccc2c1.Cc1cccc(C)c1.Cc1cccc2c(C)cccc12.Cc1ccccc1C.Cc1nc(C)nc(C)n1. The van der Waals surface area contributed by atoms with Gasteiger partial charge in [-0.15, -0.1) is 0 Å². The maximum atomic E-state index is 4.08. The van der Waals surface area contributed by atoms with Gasteiger partial charge in [-0.2, -0.15) is 0 Å². The summed E-state index contributed by atoms with van der Waals surface area (Å²) in [4.78, 5) is 24.0. The zero-order chi connectivity index (χ0) is 78.4. The van der Waals surface area contributed by atoms with Crippen molar-refractivity contribution in [2.24, 2.45) is 0 Å². The molecule has 0 saturated carbocycles. The number of benzene rings is 9. The van der Waals surface area contributed by atoms with E-state index in [0.717, 1.165) is 34.6 Å². The van der Waals surface area contributed by atoms with Crippen molar-refractivity contribution in [3.05, 3.63) is 320 Å². The molecule has 0 fully saturated rings. The molecule has 0 bridgehead atoms. The molecular formula is C95H140N6. The van der Waals surface area contributed by atoms with Crippen molar-refractivity contribution >= 4 is 32.3 Å².